The van der Waals surface area contributed by atoms with Crippen molar-refractivity contribution in [1.29, 1.82) is 0 Å². The van der Waals surface area contributed by atoms with Crippen molar-refractivity contribution in [3.63, 3.8) is 0 Å². The van der Waals surface area contributed by atoms with Crippen LogP contribution in [0.4, 0.5) is 0 Å². The highest BCUT2D eigenvalue weighted by atomic mass is 14.1. The molecule has 0 saturated heterocycles. The number of hydrogen-bond donors (Lipinski definition) is 0. The molecule has 0 bridgehead atoms. The second-order valence-corrected chi connectivity index (χ2v) is 7.09. The third-order valence-corrected chi connectivity index (χ3v) is 4.83. The summed E-state index contributed by atoms with van der Waals surface area (Å²) in [6.07, 6.45) is 5.42. The Balaban J connectivity index is 1.93. The van der Waals surface area contributed by atoms with E-state index in [9.17, 15) is 0 Å². The summed E-state index contributed by atoms with van der Waals surface area (Å²) in [5.41, 5.74) is 7.03. The average molecular weight is 306 g/mol. The van der Waals surface area contributed by atoms with Crippen LogP contribution < -0.4 is 0 Å². The second kappa shape index (κ2) is 8.15. The van der Waals surface area contributed by atoms with Gasteiger partial charge in [-0.25, -0.2) is 0 Å². The second-order valence-electron chi connectivity index (χ2n) is 7.09. The van der Waals surface area contributed by atoms with Gasteiger partial charge in [0.1, 0.15) is 0 Å². The van der Waals surface area contributed by atoms with Crippen molar-refractivity contribution < 1.29 is 0 Å². The standard InChI is InChI=1S/C23H30/c1-6-19(4)20(5)16-22-10-7-21(8-11-22)9-12-23-14-17(2)13-18(3)15-23/h6-8,10-11,13-15,19-20H,1,9,12,16H2,2-5H3/t19?,20-/m0/s1. The summed E-state index contributed by atoms with van der Waals surface area (Å²) < 4.78 is 0. The van der Waals surface area contributed by atoms with Crippen LogP contribution >= 0.6 is 0 Å². The van der Waals surface area contributed by atoms with Crippen molar-refractivity contribution in [2.24, 2.45) is 11.8 Å². The van der Waals surface area contributed by atoms with Crippen molar-refractivity contribution in [3.05, 3.63) is 82.9 Å². The Morgan fingerprint density at radius 1 is 0.826 bits per heavy atom. The molecular formula is C23H30. The molecule has 0 fully saturated rings. The summed E-state index contributed by atoms with van der Waals surface area (Å²) in [5.74, 6) is 1.22. The molecule has 0 heterocycles. The van der Waals surface area contributed by atoms with Gasteiger partial charge < -0.3 is 0 Å². The lowest BCUT2D eigenvalue weighted by atomic mass is 9.89. The minimum Gasteiger partial charge on any atom is -0.103 e. The molecule has 23 heavy (non-hydrogen) atoms. The molecule has 2 aromatic rings. The normalized spacial score (nSPS) is 13.6. The molecule has 2 aromatic carbocycles. The molecule has 1 unspecified atom stereocenters. The highest BCUT2D eigenvalue weighted by Gasteiger charge is 2.09. The topological polar surface area (TPSA) is 0 Å². The van der Waals surface area contributed by atoms with E-state index in [4.69, 9.17) is 0 Å². The van der Waals surface area contributed by atoms with Gasteiger partial charge in [0, 0.05) is 0 Å². The lowest BCUT2D eigenvalue weighted by Gasteiger charge is -2.16. The van der Waals surface area contributed by atoms with Crippen molar-refractivity contribution >= 4 is 0 Å². The van der Waals surface area contributed by atoms with E-state index in [0.717, 1.165) is 19.3 Å². The molecular weight excluding hydrogens is 276 g/mol. The molecule has 0 aliphatic heterocycles. The van der Waals surface area contributed by atoms with E-state index in [1.54, 1.807) is 0 Å². The SMILES string of the molecule is C=CC(C)[C@@H](C)Cc1ccc(CCc2cc(C)cc(C)c2)cc1. The van der Waals surface area contributed by atoms with Gasteiger partial charge in [-0.1, -0.05) is 73.5 Å². The van der Waals surface area contributed by atoms with E-state index in [1.807, 2.05) is 0 Å². The molecule has 0 radical (unpaired) electrons. The fourth-order valence-corrected chi connectivity index (χ4v) is 3.13. The first-order chi connectivity index (χ1) is 11.0. The highest BCUT2D eigenvalue weighted by molar-refractivity contribution is 5.30. The van der Waals surface area contributed by atoms with Crippen molar-refractivity contribution in [2.75, 3.05) is 0 Å². The minimum absolute atomic E-state index is 0.569. The lowest BCUT2D eigenvalue weighted by Crippen LogP contribution is -2.08. The Labute approximate surface area is 142 Å². The van der Waals surface area contributed by atoms with E-state index in [0.29, 0.717) is 11.8 Å². The molecule has 0 aromatic heterocycles. The first-order valence-corrected chi connectivity index (χ1v) is 8.75. The molecule has 0 aliphatic rings. The number of benzene rings is 2. The quantitative estimate of drug-likeness (QED) is 0.543. The molecule has 0 N–H and O–H groups in total. The predicted octanol–water partition coefficient (Wildman–Crippen LogP) is 6.09. The lowest BCUT2D eigenvalue weighted by molar-refractivity contribution is 0.458. The maximum Gasteiger partial charge on any atom is -0.0236 e. The van der Waals surface area contributed by atoms with Crippen LogP contribution in [0.2, 0.25) is 0 Å². The number of aryl methyl sites for hydroxylation is 4. The maximum absolute atomic E-state index is 3.90. The largest absolute Gasteiger partial charge is 0.103 e. The molecule has 122 valence electrons. The van der Waals surface area contributed by atoms with Crippen molar-refractivity contribution in [3.8, 4) is 0 Å². The Morgan fingerprint density at radius 2 is 1.35 bits per heavy atom. The molecule has 0 amide bonds. The van der Waals surface area contributed by atoms with E-state index >= 15 is 0 Å². The highest BCUT2D eigenvalue weighted by Crippen LogP contribution is 2.19. The van der Waals surface area contributed by atoms with Crippen LogP contribution in [0.15, 0.2) is 55.1 Å². The monoisotopic (exact) mass is 306 g/mol. The van der Waals surface area contributed by atoms with E-state index in [-0.39, 0.29) is 0 Å². The van der Waals surface area contributed by atoms with Crippen LogP contribution in [0, 0.1) is 25.7 Å². The zero-order valence-corrected chi connectivity index (χ0v) is 15.1. The average Bonchev–Trinajstić information content (AvgIpc) is 2.52. The van der Waals surface area contributed by atoms with E-state index < -0.39 is 0 Å². The molecule has 2 atom stereocenters. The predicted molar refractivity (Wildman–Crippen MR) is 102 cm³/mol. The summed E-state index contributed by atoms with van der Waals surface area (Å²) in [6, 6.07) is 16.0. The van der Waals surface area contributed by atoms with Crippen molar-refractivity contribution in [1.82, 2.24) is 0 Å². The van der Waals surface area contributed by atoms with Crippen LogP contribution in [-0.2, 0) is 19.3 Å². The smallest absolute Gasteiger partial charge is 0.0236 e. The van der Waals surface area contributed by atoms with Crippen LogP contribution in [0.3, 0.4) is 0 Å². The zero-order chi connectivity index (χ0) is 16.8. The molecule has 0 nitrogen and oxygen atoms in total. The fraction of sp³-hybridized carbons (Fsp3) is 0.391. The van der Waals surface area contributed by atoms with Gasteiger partial charge >= 0.3 is 0 Å². The third kappa shape index (κ3) is 5.39. The van der Waals surface area contributed by atoms with Gasteiger partial charge in [-0.2, -0.15) is 0 Å². The van der Waals surface area contributed by atoms with Gasteiger partial charge in [-0.05, 0) is 61.6 Å². The Bertz CT molecular complexity index is 613. The maximum atomic E-state index is 3.90. The van der Waals surface area contributed by atoms with E-state index in [2.05, 4.69) is 82.8 Å². The van der Waals surface area contributed by atoms with Crippen LogP contribution in [-0.4, -0.2) is 0 Å². The molecule has 0 aliphatic carbocycles. The van der Waals surface area contributed by atoms with Crippen LogP contribution in [0.5, 0.6) is 0 Å². The molecule has 0 heteroatoms. The van der Waals surface area contributed by atoms with Crippen molar-refractivity contribution in [2.45, 2.75) is 47.0 Å². The Hall–Kier alpha value is -1.82. The summed E-state index contributed by atoms with van der Waals surface area (Å²) in [5, 5.41) is 0. The van der Waals surface area contributed by atoms with Crippen LogP contribution in [0.1, 0.15) is 41.7 Å². The Morgan fingerprint density at radius 3 is 1.91 bits per heavy atom. The van der Waals surface area contributed by atoms with Gasteiger partial charge in [0.25, 0.3) is 0 Å². The molecule has 0 spiro atoms. The van der Waals surface area contributed by atoms with Crippen LogP contribution in [0.25, 0.3) is 0 Å². The Kier molecular flexibility index (Phi) is 6.21. The summed E-state index contributed by atoms with van der Waals surface area (Å²) >= 11 is 0. The number of hydrogen-bond acceptors (Lipinski definition) is 0. The zero-order valence-electron chi connectivity index (χ0n) is 15.1. The van der Waals surface area contributed by atoms with E-state index in [1.165, 1.54) is 27.8 Å². The number of allylic oxidation sites excluding steroid dienone is 1. The molecule has 2 rings (SSSR count). The van der Waals surface area contributed by atoms with Gasteiger partial charge in [0.05, 0.1) is 0 Å². The molecule has 0 saturated carbocycles. The summed E-state index contributed by atoms with van der Waals surface area (Å²) in [7, 11) is 0. The third-order valence-electron chi connectivity index (χ3n) is 4.83. The number of rotatable bonds is 7. The minimum atomic E-state index is 0.569. The fourth-order valence-electron chi connectivity index (χ4n) is 3.13. The van der Waals surface area contributed by atoms with Gasteiger partial charge in [-0.15, -0.1) is 6.58 Å². The van der Waals surface area contributed by atoms with Gasteiger partial charge in [0.15, 0.2) is 0 Å². The van der Waals surface area contributed by atoms with Gasteiger partial charge in [0.2, 0.25) is 0 Å². The van der Waals surface area contributed by atoms with Gasteiger partial charge in [-0.3, -0.25) is 0 Å². The summed E-state index contributed by atoms with van der Waals surface area (Å²) in [6.45, 7) is 12.8. The first-order valence-electron chi connectivity index (χ1n) is 8.75. The summed E-state index contributed by atoms with van der Waals surface area (Å²) in [4.78, 5) is 0. The first kappa shape index (κ1) is 17.5.